The van der Waals surface area contributed by atoms with Crippen molar-refractivity contribution in [1.82, 2.24) is 10.2 Å². The minimum absolute atomic E-state index is 0. The molecule has 1 N–H and O–H groups in total. The van der Waals surface area contributed by atoms with Gasteiger partial charge in [-0.15, -0.1) is 12.4 Å². The summed E-state index contributed by atoms with van der Waals surface area (Å²) < 4.78 is 5.66. The van der Waals surface area contributed by atoms with Crippen LogP contribution in [0.3, 0.4) is 0 Å². The van der Waals surface area contributed by atoms with Crippen LogP contribution in [0.25, 0.3) is 0 Å². The predicted octanol–water partition coefficient (Wildman–Crippen LogP) is 2.19. The SMILES string of the molecule is CC(C)COc1cccc(C(=O)N2CCNCC2)c1.Cl. The van der Waals surface area contributed by atoms with Crippen LogP contribution in [0.1, 0.15) is 24.2 Å². The number of amides is 1. The number of halogens is 1. The first-order valence-corrected chi connectivity index (χ1v) is 6.89. The number of rotatable bonds is 4. The Labute approximate surface area is 126 Å². The molecular formula is C15H23ClN2O2. The van der Waals surface area contributed by atoms with Crippen LogP contribution in [0.4, 0.5) is 0 Å². The molecule has 1 saturated heterocycles. The topological polar surface area (TPSA) is 41.6 Å². The third-order valence-corrected chi connectivity index (χ3v) is 3.07. The molecule has 2 rings (SSSR count). The van der Waals surface area contributed by atoms with Crippen molar-refractivity contribution in [3.05, 3.63) is 29.8 Å². The highest BCUT2D eigenvalue weighted by Gasteiger charge is 2.18. The number of hydrogen-bond acceptors (Lipinski definition) is 3. The fourth-order valence-electron chi connectivity index (χ4n) is 2.03. The zero-order chi connectivity index (χ0) is 13.7. The first kappa shape index (κ1) is 16.8. The molecule has 4 nitrogen and oxygen atoms in total. The Morgan fingerprint density at radius 2 is 2.05 bits per heavy atom. The molecular weight excluding hydrogens is 276 g/mol. The maximum absolute atomic E-state index is 12.3. The number of carbonyl (C=O) groups is 1. The molecule has 0 aromatic heterocycles. The van der Waals surface area contributed by atoms with E-state index in [1.165, 1.54) is 0 Å². The van der Waals surface area contributed by atoms with Gasteiger partial charge in [-0.25, -0.2) is 0 Å². The molecule has 1 fully saturated rings. The Morgan fingerprint density at radius 1 is 1.35 bits per heavy atom. The lowest BCUT2D eigenvalue weighted by Gasteiger charge is -2.27. The molecule has 20 heavy (non-hydrogen) atoms. The van der Waals surface area contributed by atoms with Gasteiger partial charge in [0.25, 0.3) is 5.91 Å². The highest BCUT2D eigenvalue weighted by Crippen LogP contribution is 2.16. The molecule has 0 bridgehead atoms. The second-order valence-electron chi connectivity index (χ2n) is 5.27. The maximum atomic E-state index is 12.3. The third kappa shape index (κ3) is 4.69. The van der Waals surface area contributed by atoms with E-state index in [9.17, 15) is 4.79 Å². The van der Waals surface area contributed by atoms with E-state index in [0.717, 1.165) is 31.9 Å². The van der Waals surface area contributed by atoms with Crippen molar-refractivity contribution in [2.24, 2.45) is 5.92 Å². The monoisotopic (exact) mass is 298 g/mol. The molecule has 1 aromatic rings. The van der Waals surface area contributed by atoms with E-state index in [-0.39, 0.29) is 18.3 Å². The first-order chi connectivity index (χ1) is 9.16. The molecule has 1 amide bonds. The molecule has 1 aromatic carbocycles. The molecule has 1 aliphatic rings. The smallest absolute Gasteiger partial charge is 0.254 e. The zero-order valence-corrected chi connectivity index (χ0v) is 12.9. The van der Waals surface area contributed by atoms with Crippen LogP contribution in [0.15, 0.2) is 24.3 Å². The third-order valence-electron chi connectivity index (χ3n) is 3.07. The summed E-state index contributed by atoms with van der Waals surface area (Å²) in [6.45, 7) is 8.17. The van der Waals surface area contributed by atoms with Gasteiger partial charge in [0.05, 0.1) is 6.61 Å². The molecule has 0 radical (unpaired) electrons. The standard InChI is InChI=1S/C15H22N2O2.ClH/c1-12(2)11-19-14-5-3-4-13(10-14)15(18)17-8-6-16-7-9-17;/h3-5,10,12,16H,6-9,11H2,1-2H3;1H. The van der Waals surface area contributed by atoms with E-state index in [2.05, 4.69) is 19.2 Å². The maximum Gasteiger partial charge on any atom is 0.254 e. The van der Waals surface area contributed by atoms with Gasteiger partial charge in [0.1, 0.15) is 5.75 Å². The summed E-state index contributed by atoms with van der Waals surface area (Å²) in [5.41, 5.74) is 0.711. The van der Waals surface area contributed by atoms with Gasteiger partial charge in [0.15, 0.2) is 0 Å². The molecule has 0 saturated carbocycles. The number of hydrogen-bond donors (Lipinski definition) is 1. The zero-order valence-electron chi connectivity index (χ0n) is 12.1. The van der Waals surface area contributed by atoms with Crippen molar-refractivity contribution < 1.29 is 9.53 Å². The summed E-state index contributed by atoms with van der Waals surface area (Å²) in [5, 5.41) is 3.25. The molecule has 1 heterocycles. The summed E-state index contributed by atoms with van der Waals surface area (Å²) in [6, 6.07) is 7.47. The van der Waals surface area contributed by atoms with Crippen LogP contribution in [-0.4, -0.2) is 43.6 Å². The second-order valence-corrected chi connectivity index (χ2v) is 5.27. The van der Waals surface area contributed by atoms with E-state index in [0.29, 0.717) is 18.1 Å². The molecule has 1 aliphatic heterocycles. The summed E-state index contributed by atoms with van der Waals surface area (Å²) >= 11 is 0. The number of nitrogens with one attached hydrogen (secondary N) is 1. The van der Waals surface area contributed by atoms with Crippen molar-refractivity contribution in [3.63, 3.8) is 0 Å². The predicted molar refractivity (Wildman–Crippen MR) is 82.8 cm³/mol. The highest BCUT2D eigenvalue weighted by molar-refractivity contribution is 5.94. The van der Waals surface area contributed by atoms with Crippen LogP contribution in [0, 0.1) is 5.92 Å². The molecule has 0 aliphatic carbocycles. The van der Waals surface area contributed by atoms with Gasteiger partial charge in [-0.3, -0.25) is 4.79 Å². The molecule has 0 unspecified atom stereocenters. The van der Waals surface area contributed by atoms with Gasteiger partial charge in [-0.05, 0) is 24.1 Å². The van der Waals surface area contributed by atoms with Gasteiger partial charge < -0.3 is 15.0 Å². The van der Waals surface area contributed by atoms with Crippen LogP contribution in [-0.2, 0) is 0 Å². The van der Waals surface area contributed by atoms with Crippen molar-refractivity contribution in [2.45, 2.75) is 13.8 Å². The van der Waals surface area contributed by atoms with E-state index >= 15 is 0 Å². The average Bonchev–Trinajstić information content (AvgIpc) is 2.45. The van der Waals surface area contributed by atoms with Gasteiger partial charge in [-0.1, -0.05) is 19.9 Å². The quantitative estimate of drug-likeness (QED) is 0.926. The van der Waals surface area contributed by atoms with E-state index in [4.69, 9.17) is 4.74 Å². The fourth-order valence-corrected chi connectivity index (χ4v) is 2.03. The highest BCUT2D eigenvalue weighted by atomic mass is 35.5. The van der Waals surface area contributed by atoms with Crippen LogP contribution < -0.4 is 10.1 Å². The lowest BCUT2D eigenvalue weighted by molar-refractivity contribution is 0.0735. The first-order valence-electron chi connectivity index (χ1n) is 6.89. The number of carbonyl (C=O) groups excluding carboxylic acids is 1. The summed E-state index contributed by atoms with van der Waals surface area (Å²) in [6.07, 6.45) is 0. The lowest BCUT2D eigenvalue weighted by Crippen LogP contribution is -2.46. The number of nitrogens with zero attached hydrogens (tertiary/aromatic N) is 1. The van der Waals surface area contributed by atoms with Crippen molar-refractivity contribution >= 4 is 18.3 Å². The van der Waals surface area contributed by atoms with E-state index in [1.807, 2.05) is 29.2 Å². The Hall–Kier alpha value is -1.26. The van der Waals surface area contributed by atoms with Gasteiger partial charge in [0, 0.05) is 31.7 Å². The summed E-state index contributed by atoms with van der Waals surface area (Å²) in [5.74, 6) is 1.35. The van der Waals surface area contributed by atoms with Gasteiger partial charge in [0.2, 0.25) is 0 Å². The lowest BCUT2D eigenvalue weighted by atomic mass is 10.1. The summed E-state index contributed by atoms with van der Waals surface area (Å²) in [7, 11) is 0. The summed E-state index contributed by atoms with van der Waals surface area (Å²) in [4.78, 5) is 14.2. The number of benzene rings is 1. The average molecular weight is 299 g/mol. The largest absolute Gasteiger partial charge is 0.493 e. The Bertz CT molecular complexity index is 432. The molecule has 0 atom stereocenters. The van der Waals surface area contributed by atoms with Gasteiger partial charge >= 0.3 is 0 Å². The van der Waals surface area contributed by atoms with Crippen molar-refractivity contribution in [1.29, 1.82) is 0 Å². The van der Waals surface area contributed by atoms with Crippen LogP contribution >= 0.6 is 12.4 Å². The molecule has 5 heteroatoms. The molecule has 112 valence electrons. The normalized spacial score (nSPS) is 14.8. The van der Waals surface area contributed by atoms with Crippen LogP contribution in [0.2, 0.25) is 0 Å². The van der Waals surface area contributed by atoms with E-state index in [1.54, 1.807) is 0 Å². The molecule has 0 spiro atoms. The number of ether oxygens (including phenoxy) is 1. The fraction of sp³-hybridized carbons (Fsp3) is 0.533. The van der Waals surface area contributed by atoms with Crippen LogP contribution in [0.5, 0.6) is 5.75 Å². The minimum Gasteiger partial charge on any atom is -0.493 e. The Balaban J connectivity index is 0.00000200. The van der Waals surface area contributed by atoms with E-state index < -0.39 is 0 Å². The number of piperazine rings is 1. The minimum atomic E-state index is 0. The van der Waals surface area contributed by atoms with Crippen molar-refractivity contribution in [3.8, 4) is 5.75 Å². The van der Waals surface area contributed by atoms with Crippen molar-refractivity contribution in [2.75, 3.05) is 32.8 Å². The Kier molecular flexibility index (Phi) is 6.82. The van der Waals surface area contributed by atoms with Gasteiger partial charge in [-0.2, -0.15) is 0 Å². The second kappa shape index (κ2) is 8.12. The Morgan fingerprint density at radius 3 is 2.70 bits per heavy atom.